The second-order valence-corrected chi connectivity index (χ2v) is 9.72. The van der Waals surface area contributed by atoms with Gasteiger partial charge in [-0.05, 0) is 37.5 Å². The molecule has 0 bridgehead atoms. The Balaban J connectivity index is 1.38. The van der Waals surface area contributed by atoms with E-state index in [1.54, 1.807) is 12.1 Å². The Morgan fingerprint density at radius 3 is 1.95 bits per heavy atom. The van der Waals surface area contributed by atoms with Gasteiger partial charge in [-0.15, -0.1) is 0 Å². The lowest BCUT2D eigenvalue weighted by Crippen LogP contribution is -2.33. The van der Waals surface area contributed by atoms with E-state index in [2.05, 4.69) is 15.5 Å². The van der Waals surface area contributed by atoms with Gasteiger partial charge in [0.15, 0.2) is 0 Å². The van der Waals surface area contributed by atoms with Crippen LogP contribution in [0, 0.1) is 0 Å². The van der Waals surface area contributed by atoms with Gasteiger partial charge in [0, 0.05) is 43.6 Å². The topological polar surface area (TPSA) is 184 Å². The predicted octanol–water partition coefficient (Wildman–Crippen LogP) is 1.22. The Morgan fingerprint density at radius 2 is 1.32 bits per heavy atom. The van der Waals surface area contributed by atoms with Gasteiger partial charge in [0.1, 0.15) is 11.6 Å². The minimum atomic E-state index is -0.767. The van der Waals surface area contributed by atoms with Gasteiger partial charge in [-0.3, -0.25) is 28.8 Å². The van der Waals surface area contributed by atoms with Crippen molar-refractivity contribution in [2.24, 2.45) is 0 Å². The van der Waals surface area contributed by atoms with Crippen molar-refractivity contribution in [3.63, 3.8) is 0 Å². The number of carbonyl (C=O) groups is 7. The van der Waals surface area contributed by atoms with Crippen LogP contribution in [0.2, 0.25) is 0 Å². The SMILES string of the molecule is CC(=O)CC(=O)CCc1ccc(NC(=O)CCCC(=O)NCCOCCOCCOCCC(=O)ON2C(=O)C=CC2=O)cc1. The maximum absolute atomic E-state index is 12.2. The van der Waals surface area contributed by atoms with Gasteiger partial charge in [-0.1, -0.05) is 17.2 Å². The second-order valence-electron chi connectivity index (χ2n) is 9.72. The predicted molar refractivity (Wildman–Crippen MR) is 155 cm³/mol. The number of ketones is 2. The summed E-state index contributed by atoms with van der Waals surface area (Å²) in [4.78, 5) is 85.6. The molecular formula is C30H39N3O11. The lowest BCUT2D eigenvalue weighted by molar-refractivity contribution is -0.196. The molecule has 0 saturated carbocycles. The zero-order chi connectivity index (χ0) is 32.2. The molecule has 0 fully saturated rings. The first-order chi connectivity index (χ1) is 21.1. The molecule has 1 aromatic rings. The third-order valence-electron chi connectivity index (χ3n) is 5.91. The molecule has 0 unspecified atom stereocenters. The number of nitrogens with one attached hydrogen (secondary N) is 2. The average molecular weight is 618 g/mol. The molecule has 0 spiro atoms. The van der Waals surface area contributed by atoms with Gasteiger partial charge in [-0.2, -0.15) is 0 Å². The molecule has 0 radical (unpaired) electrons. The van der Waals surface area contributed by atoms with Crippen LogP contribution < -0.4 is 10.6 Å². The van der Waals surface area contributed by atoms with Crippen molar-refractivity contribution in [1.29, 1.82) is 0 Å². The van der Waals surface area contributed by atoms with Crippen LogP contribution in [0.25, 0.3) is 0 Å². The number of anilines is 1. The van der Waals surface area contributed by atoms with Crippen molar-refractivity contribution < 1.29 is 52.6 Å². The van der Waals surface area contributed by atoms with Crippen LogP contribution in [-0.2, 0) is 59.0 Å². The fourth-order valence-electron chi connectivity index (χ4n) is 3.71. The lowest BCUT2D eigenvalue weighted by atomic mass is 10.0. The molecule has 240 valence electrons. The Hall–Kier alpha value is -4.27. The molecule has 14 heteroatoms. The number of amides is 4. The number of hydrogen-bond acceptors (Lipinski definition) is 11. The van der Waals surface area contributed by atoms with Crippen molar-refractivity contribution in [3.05, 3.63) is 42.0 Å². The highest BCUT2D eigenvalue weighted by Gasteiger charge is 2.27. The second kappa shape index (κ2) is 20.6. The van der Waals surface area contributed by atoms with E-state index < -0.39 is 17.8 Å². The van der Waals surface area contributed by atoms with Gasteiger partial charge in [-0.25, -0.2) is 4.79 Å². The summed E-state index contributed by atoms with van der Waals surface area (Å²) < 4.78 is 16.0. The summed E-state index contributed by atoms with van der Waals surface area (Å²) >= 11 is 0. The summed E-state index contributed by atoms with van der Waals surface area (Å²) in [7, 11) is 0. The van der Waals surface area contributed by atoms with Crippen LogP contribution in [0.5, 0.6) is 0 Å². The first-order valence-corrected chi connectivity index (χ1v) is 14.3. The third kappa shape index (κ3) is 15.8. The van der Waals surface area contributed by atoms with E-state index >= 15 is 0 Å². The molecule has 1 aromatic carbocycles. The minimum Gasteiger partial charge on any atom is -0.378 e. The largest absolute Gasteiger partial charge is 0.378 e. The quantitative estimate of drug-likeness (QED) is 0.102. The molecule has 0 aliphatic carbocycles. The number of hydrogen-bond donors (Lipinski definition) is 2. The summed E-state index contributed by atoms with van der Waals surface area (Å²) in [6, 6.07) is 7.15. The van der Waals surface area contributed by atoms with E-state index in [1.807, 2.05) is 12.1 Å². The van der Waals surface area contributed by atoms with Gasteiger partial charge in [0.25, 0.3) is 11.8 Å². The highest BCUT2D eigenvalue weighted by atomic mass is 16.7. The number of nitrogens with zero attached hydrogens (tertiary/aromatic N) is 1. The molecule has 2 rings (SSSR count). The Labute approximate surface area is 255 Å². The van der Waals surface area contributed by atoms with Crippen molar-refractivity contribution in [2.75, 3.05) is 51.5 Å². The smallest absolute Gasteiger partial charge is 0.335 e. The standard InChI is InChI=1S/C30H39N3O11/c1-22(34)21-25(35)10-7-23-5-8-24(9-6-23)32-27(37)4-2-3-26(36)31-14-16-42-18-20-43-19-17-41-15-13-30(40)44-33-28(38)11-12-29(33)39/h5-6,8-9,11-12H,2-4,7,10,13-21H2,1H3,(H,31,36)(H,32,37). The monoisotopic (exact) mass is 617 g/mol. The molecule has 14 nitrogen and oxygen atoms in total. The molecule has 1 aliphatic heterocycles. The lowest BCUT2D eigenvalue weighted by Gasteiger charge is -2.12. The molecule has 0 saturated heterocycles. The summed E-state index contributed by atoms with van der Waals surface area (Å²) in [5, 5.41) is 5.89. The number of aryl methyl sites for hydroxylation is 1. The van der Waals surface area contributed by atoms with E-state index in [-0.39, 0.29) is 68.9 Å². The van der Waals surface area contributed by atoms with Crippen molar-refractivity contribution >= 4 is 46.9 Å². The molecule has 0 aromatic heterocycles. The van der Waals surface area contributed by atoms with Crippen LogP contribution in [0.3, 0.4) is 0 Å². The van der Waals surface area contributed by atoms with Gasteiger partial charge in [0.2, 0.25) is 11.8 Å². The number of rotatable bonds is 23. The highest BCUT2D eigenvalue weighted by Crippen LogP contribution is 2.13. The summed E-state index contributed by atoms with van der Waals surface area (Å²) in [5.74, 6) is -2.81. The molecule has 2 N–H and O–H groups in total. The van der Waals surface area contributed by atoms with Crippen molar-refractivity contribution in [2.45, 2.75) is 51.9 Å². The first kappa shape index (κ1) is 35.9. The summed E-state index contributed by atoms with van der Waals surface area (Å²) in [5.41, 5.74) is 1.56. The van der Waals surface area contributed by atoms with Gasteiger partial charge in [0.05, 0.1) is 52.5 Å². The maximum Gasteiger partial charge on any atom is 0.335 e. The fraction of sp³-hybridized carbons (Fsp3) is 0.500. The third-order valence-corrected chi connectivity index (χ3v) is 5.91. The number of benzene rings is 1. The number of Topliss-reactive ketones (excluding diaryl/α,β-unsaturated/α-hetero) is 2. The number of imide groups is 1. The summed E-state index contributed by atoms with van der Waals surface area (Å²) in [6.45, 7) is 3.17. The molecule has 44 heavy (non-hydrogen) atoms. The van der Waals surface area contributed by atoms with Crippen LogP contribution in [-0.4, -0.2) is 92.4 Å². The number of ether oxygens (including phenoxy) is 3. The number of hydroxylamine groups is 2. The number of carbonyl (C=O) groups excluding carboxylic acids is 7. The van der Waals surface area contributed by atoms with Crippen molar-refractivity contribution in [1.82, 2.24) is 10.4 Å². The fourth-order valence-corrected chi connectivity index (χ4v) is 3.71. The van der Waals surface area contributed by atoms with Gasteiger partial charge >= 0.3 is 5.97 Å². The molecule has 1 heterocycles. The Bertz CT molecular complexity index is 1160. The van der Waals surface area contributed by atoms with Crippen LogP contribution in [0.15, 0.2) is 36.4 Å². The van der Waals surface area contributed by atoms with E-state index in [4.69, 9.17) is 14.2 Å². The van der Waals surface area contributed by atoms with Crippen LogP contribution >= 0.6 is 0 Å². The molecule has 1 aliphatic rings. The van der Waals surface area contributed by atoms with Crippen molar-refractivity contribution in [3.8, 4) is 0 Å². The zero-order valence-corrected chi connectivity index (χ0v) is 24.8. The summed E-state index contributed by atoms with van der Waals surface area (Å²) in [6.07, 6.45) is 3.45. The van der Waals surface area contributed by atoms with E-state index in [0.29, 0.717) is 56.4 Å². The average Bonchev–Trinajstić information content (AvgIpc) is 3.29. The molecule has 4 amide bonds. The van der Waals surface area contributed by atoms with E-state index in [9.17, 15) is 33.6 Å². The van der Waals surface area contributed by atoms with E-state index in [1.165, 1.54) is 6.92 Å². The Kier molecular flexibility index (Phi) is 16.8. The molecule has 0 atom stereocenters. The normalized spacial score (nSPS) is 12.3. The van der Waals surface area contributed by atoms with E-state index in [0.717, 1.165) is 17.7 Å². The first-order valence-electron chi connectivity index (χ1n) is 14.3. The highest BCUT2D eigenvalue weighted by molar-refractivity contribution is 6.12. The van der Waals surface area contributed by atoms with Gasteiger partial charge < -0.3 is 29.7 Å². The van der Waals surface area contributed by atoms with Crippen LogP contribution in [0.1, 0.15) is 51.0 Å². The molecular weight excluding hydrogens is 578 g/mol. The van der Waals surface area contributed by atoms with Crippen LogP contribution in [0.4, 0.5) is 5.69 Å². The zero-order valence-electron chi connectivity index (χ0n) is 24.8. The minimum absolute atomic E-state index is 0.0385. The Morgan fingerprint density at radius 1 is 0.727 bits per heavy atom. The maximum atomic E-state index is 12.2.